The van der Waals surface area contributed by atoms with Gasteiger partial charge in [-0.05, 0) is 48.6 Å². The first-order valence-corrected chi connectivity index (χ1v) is 7.13. The largest absolute Gasteiger partial charge is 0.361 e. The van der Waals surface area contributed by atoms with E-state index in [1.807, 2.05) is 0 Å². The fourth-order valence-corrected chi connectivity index (χ4v) is 3.31. The van der Waals surface area contributed by atoms with Crippen LogP contribution in [0.3, 0.4) is 0 Å². The highest BCUT2D eigenvalue weighted by Gasteiger charge is 2.53. The summed E-state index contributed by atoms with van der Waals surface area (Å²) in [4.78, 5) is 3.35. The van der Waals surface area contributed by atoms with Gasteiger partial charge in [0.2, 0.25) is 0 Å². The van der Waals surface area contributed by atoms with Gasteiger partial charge in [0.05, 0.1) is 0 Å². The van der Waals surface area contributed by atoms with Gasteiger partial charge in [0.25, 0.3) is 0 Å². The summed E-state index contributed by atoms with van der Waals surface area (Å²) in [6.45, 7) is 2.22. The summed E-state index contributed by atoms with van der Waals surface area (Å²) >= 11 is 0. The van der Waals surface area contributed by atoms with Gasteiger partial charge in [0.1, 0.15) is 0 Å². The number of para-hydroxylation sites is 1. The van der Waals surface area contributed by atoms with E-state index in [1.54, 1.807) is 0 Å². The number of fused-ring (bicyclic) bond motifs is 1. The molecule has 0 amide bonds. The maximum Gasteiger partial charge on any atom is 0.0457 e. The highest BCUT2D eigenvalue weighted by Crippen LogP contribution is 2.60. The molecule has 2 nitrogen and oxygen atoms in total. The third kappa shape index (κ3) is 1.76. The van der Waals surface area contributed by atoms with E-state index in [0.29, 0.717) is 5.41 Å². The van der Waals surface area contributed by atoms with Crippen LogP contribution < -0.4 is 5.32 Å². The van der Waals surface area contributed by atoms with Crippen molar-refractivity contribution in [2.75, 3.05) is 6.54 Å². The molecule has 0 bridgehead atoms. The number of hydrogen-bond donors (Lipinski definition) is 2. The van der Waals surface area contributed by atoms with Crippen molar-refractivity contribution in [1.29, 1.82) is 0 Å². The van der Waals surface area contributed by atoms with Crippen molar-refractivity contribution in [1.82, 2.24) is 10.3 Å². The molecule has 2 N–H and O–H groups in total. The van der Waals surface area contributed by atoms with E-state index >= 15 is 0 Å². The minimum atomic E-state index is 0.701. The van der Waals surface area contributed by atoms with E-state index in [-0.39, 0.29) is 0 Å². The Morgan fingerprint density at radius 1 is 1.22 bits per heavy atom. The molecule has 1 heterocycles. The summed E-state index contributed by atoms with van der Waals surface area (Å²) in [5, 5.41) is 5.05. The summed E-state index contributed by atoms with van der Waals surface area (Å²) in [6.07, 6.45) is 8.02. The molecule has 18 heavy (non-hydrogen) atoms. The Labute approximate surface area is 108 Å². The average Bonchev–Trinajstić information content (AvgIpc) is 3.28. The Morgan fingerprint density at radius 3 is 2.83 bits per heavy atom. The molecule has 0 aliphatic heterocycles. The number of aromatic nitrogens is 1. The molecule has 0 saturated heterocycles. The van der Waals surface area contributed by atoms with Gasteiger partial charge in [0, 0.05) is 30.2 Å². The molecule has 2 aliphatic rings. The number of aromatic amines is 1. The van der Waals surface area contributed by atoms with E-state index in [1.165, 1.54) is 48.7 Å². The number of benzene rings is 1. The molecular weight excluding hydrogens is 220 g/mol. The zero-order chi connectivity index (χ0) is 12.0. The average molecular weight is 240 g/mol. The van der Waals surface area contributed by atoms with Gasteiger partial charge < -0.3 is 10.3 Å². The third-order valence-electron chi connectivity index (χ3n) is 4.80. The highest BCUT2D eigenvalue weighted by atomic mass is 14.9. The van der Waals surface area contributed by atoms with Crippen LogP contribution >= 0.6 is 0 Å². The second-order valence-corrected chi connectivity index (χ2v) is 6.10. The summed E-state index contributed by atoms with van der Waals surface area (Å²) in [7, 11) is 0. The van der Waals surface area contributed by atoms with Crippen LogP contribution in [-0.2, 0) is 6.54 Å². The predicted octanol–water partition coefficient (Wildman–Crippen LogP) is 3.45. The predicted molar refractivity (Wildman–Crippen MR) is 74.4 cm³/mol. The van der Waals surface area contributed by atoms with Crippen molar-refractivity contribution < 1.29 is 0 Å². The topological polar surface area (TPSA) is 27.8 Å². The first kappa shape index (κ1) is 10.6. The van der Waals surface area contributed by atoms with E-state index < -0.39 is 0 Å². The van der Waals surface area contributed by atoms with E-state index in [4.69, 9.17) is 0 Å². The molecule has 1 aromatic heterocycles. The number of H-pyrrole nitrogens is 1. The summed E-state index contributed by atoms with van der Waals surface area (Å²) in [5.41, 5.74) is 3.35. The van der Waals surface area contributed by atoms with Gasteiger partial charge in [-0.2, -0.15) is 0 Å². The van der Waals surface area contributed by atoms with Crippen LogP contribution in [-0.4, -0.2) is 11.5 Å². The van der Waals surface area contributed by atoms with Crippen LogP contribution in [0.2, 0.25) is 0 Å². The number of rotatable bonds is 5. The normalized spacial score (nSPS) is 21.3. The van der Waals surface area contributed by atoms with Gasteiger partial charge in [-0.25, -0.2) is 0 Å². The lowest BCUT2D eigenvalue weighted by Crippen LogP contribution is -2.24. The van der Waals surface area contributed by atoms with E-state index in [0.717, 1.165) is 12.5 Å². The van der Waals surface area contributed by atoms with Crippen molar-refractivity contribution in [2.24, 2.45) is 11.3 Å². The zero-order valence-electron chi connectivity index (χ0n) is 10.7. The van der Waals surface area contributed by atoms with Crippen LogP contribution in [0.25, 0.3) is 10.9 Å². The highest BCUT2D eigenvalue weighted by molar-refractivity contribution is 5.82. The maximum absolute atomic E-state index is 3.68. The van der Waals surface area contributed by atoms with Gasteiger partial charge in [-0.1, -0.05) is 18.2 Å². The molecule has 2 heteroatoms. The monoisotopic (exact) mass is 240 g/mol. The second-order valence-electron chi connectivity index (χ2n) is 6.10. The van der Waals surface area contributed by atoms with Crippen LogP contribution in [0.15, 0.2) is 30.5 Å². The summed E-state index contributed by atoms with van der Waals surface area (Å²) in [6, 6.07) is 8.55. The minimum Gasteiger partial charge on any atom is -0.361 e. The fraction of sp³-hybridized carbons (Fsp3) is 0.500. The minimum absolute atomic E-state index is 0.701. The third-order valence-corrected chi connectivity index (χ3v) is 4.80. The van der Waals surface area contributed by atoms with Crippen molar-refractivity contribution in [3.63, 3.8) is 0 Å². The van der Waals surface area contributed by atoms with Gasteiger partial charge in [-0.15, -0.1) is 0 Å². The molecule has 94 valence electrons. The molecule has 2 saturated carbocycles. The lowest BCUT2D eigenvalue weighted by atomic mass is 10.0. The van der Waals surface area contributed by atoms with Crippen LogP contribution in [0.4, 0.5) is 0 Å². The molecule has 0 unspecified atom stereocenters. The first-order valence-electron chi connectivity index (χ1n) is 7.13. The van der Waals surface area contributed by atoms with Gasteiger partial charge >= 0.3 is 0 Å². The van der Waals surface area contributed by atoms with Gasteiger partial charge in [-0.3, -0.25) is 0 Å². The molecule has 2 aromatic rings. The van der Waals surface area contributed by atoms with E-state index in [9.17, 15) is 0 Å². The molecule has 1 aromatic carbocycles. The van der Waals surface area contributed by atoms with Gasteiger partial charge in [0.15, 0.2) is 0 Å². The fourth-order valence-electron chi connectivity index (χ4n) is 3.31. The Balaban J connectivity index is 1.42. The maximum atomic E-state index is 3.68. The van der Waals surface area contributed by atoms with Crippen molar-refractivity contribution in [3.8, 4) is 0 Å². The Kier molecular flexibility index (Phi) is 2.28. The molecule has 0 spiro atoms. The number of nitrogens with one attached hydrogen (secondary N) is 2. The molecule has 2 fully saturated rings. The van der Waals surface area contributed by atoms with Crippen LogP contribution in [0, 0.1) is 11.3 Å². The van der Waals surface area contributed by atoms with Crippen LogP contribution in [0.1, 0.15) is 31.2 Å². The van der Waals surface area contributed by atoms with Crippen LogP contribution in [0.5, 0.6) is 0 Å². The van der Waals surface area contributed by atoms with Crippen molar-refractivity contribution in [2.45, 2.75) is 32.2 Å². The lowest BCUT2D eigenvalue weighted by molar-refractivity contribution is 0.404. The zero-order valence-corrected chi connectivity index (χ0v) is 10.7. The molecule has 0 radical (unpaired) electrons. The molecule has 4 rings (SSSR count). The number of hydrogen-bond acceptors (Lipinski definition) is 1. The standard InChI is InChI=1S/C16H20N2/c1-2-4-15-14(3-1)12(10-18-15)9-17-11-16(7-8-16)13-5-6-13/h1-4,10,13,17-18H,5-9,11H2. The Bertz CT molecular complexity index is 561. The molecule has 0 atom stereocenters. The Morgan fingerprint density at radius 2 is 2.06 bits per heavy atom. The summed E-state index contributed by atoms with van der Waals surface area (Å²) < 4.78 is 0. The second kappa shape index (κ2) is 3.86. The van der Waals surface area contributed by atoms with E-state index in [2.05, 4.69) is 40.8 Å². The van der Waals surface area contributed by atoms with Crippen molar-refractivity contribution in [3.05, 3.63) is 36.0 Å². The summed E-state index contributed by atoms with van der Waals surface area (Å²) in [5.74, 6) is 1.05. The van der Waals surface area contributed by atoms with Crippen molar-refractivity contribution >= 4 is 10.9 Å². The molecule has 2 aliphatic carbocycles. The quantitative estimate of drug-likeness (QED) is 0.823. The first-order chi connectivity index (χ1) is 8.87. The SMILES string of the molecule is c1ccc2c(CNCC3(C4CC4)CC3)c[nH]c2c1. The molecular formula is C16H20N2. The lowest BCUT2D eigenvalue weighted by Gasteiger charge is -2.14. The Hall–Kier alpha value is -1.28. The smallest absolute Gasteiger partial charge is 0.0457 e.